The lowest BCUT2D eigenvalue weighted by Gasteiger charge is -2.27. The van der Waals surface area contributed by atoms with E-state index in [1.54, 1.807) is 0 Å². The zero-order chi connectivity index (χ0) is 22.5. The molecule has 4 amide bonds. The summed E-state index contributed by atoms with van der Waals surface area (Å²) in [5.74, 6) is -5.41. The standard InChI is InChI=1S/C19H13F2N3O6S/c20-13-4-2-10(8-14(13)21)31(29,30)23-9-1-3-11-12(7-9)19(28)24(18(11)27)15-5-6-16(25)22-17(15)26/h1-4,7-8,15,23H,5-6H2,(H,22,25,26). The van der Waals surface area contributed by atoms with E-state index >= 15 is 0 Å². The van der Waals surface area contributed by atoms with Gasteiger partial charge in [-0.15, -0.1) is 0 Å². The number of nitrogens with zero attached hydrogens (tertiary/aromatic N) is 1. The van der Waals surface area contributed by atoms with Crippen LogP contribution in [0.3, 0.4) is 0 Å². The molecule has 0 spiro atoms. The lowest BCUT2D eigenvalue weighted by molar-refractivity contribution is -0.136. The van der Waals surface area contributed by atoms with Gasteiger partial charge in [0.1, 0.15) is 6.04 Å². The quantitative estimate of drug-likeness (QED) is 0.674. The van der Waals surface area contributed by atoms with Gasteiger partial charge in [-0.2, -0.15) is 0 Å². The van der Waals surface area contributed by atoms with Gasteiger partial charge in [0.25, 0.3) is 21.8 Å². The second-order valence-corrected chi connectivity index (χ2v) is 8.57. The van der Waals surface area contributed by atoms with Crippen molar-refractivity contribution in [1.29, 1.82) is 0 Å². The first-order chi connectivity index (χ1) is 14.6. The minimum atomic E-state index is -4.32. The molecule has 31 heavy (non-hydrogen) atoms. The third-order valence-electron chi connectivity index (χ3n) is 4.89. The highest BCUT2D eigenvalue weighted by Crippen LogP contribution is 2.30. The van der Waals surface area contributed by atoms with Gasteiger partial charge in [-0.1, -0.05) is 0 Å². The van der Waals surface area contributed by atoms with Crippen molar-refractivity contribution in [2.24, 2.45) is 0 Å². The summed E-state index contributed by atoms with van der Waals surface area (Å²) >= 11 is 0. The number of carbonyl (C=O) groups excluding carboxylic acids is 4. The minimum absolute atomic E-state index is 0.0221. The molecule has 1 atom stereocenters. The van der Waals surface area contributed by atoms with Crippen molar-refractivity contribution in [2.75, 3.05) is 4.72 Å². The summed E-state index contributed by atoms with van der Waals surface area (Å²) in [6.45, 7) is 0. The first-order valence-corrected chi connectivity index (χ1v) is 10.4. The maximum Gasteiger partial charge on any atom is 0.262 e. The Labute approximate surface area is 174 Å². The van der Waals surface area contributed by atoms with Crippen molar-refractivity contribution in [2.45, 2.75) is 23.8 Å². The number of nitrogens with one attached hydrogen (secondary N) is 2. The molecule has 0 radical (unpaired) electrons. The van der Waals surface area contributed by atoms with Crippen molar-refractivity contribution in [3.05, 3.63) is 59.2 Å². The Morgan fingerprint density at radius 3 is 2.32 bits per heavy atom. The Balaban J connectivity index is 1.62. The van der Waals surface area contributed by atoms with E-state index in [4.69, 9.17) is 0 Å². The van der Waals surface area contributed by atoms with Gasteiger partial charge < -0.3 is 0 Å². The number of rotatable bonds is 4. The van der Waals surface area contributed by atoms with E-state index in [1.807, 2.05) is 0 Å². The van der Waals surface area contributed by atoms with E-state index in [1.165, 1.54) is 12.1 Å². The van der Waals surface area contributed by atoms with Crippen LogP contribution in [0.15, 0.2) is 41.3 Å². The number of halogens is 2. The number of imide groups is 2. The summed E-state index contributed by atoms with van der Waals surface area (Å²) in [6.07, 6.45) is -0.0607. The molecule has 2 N–H and O–H groups in total. The average molecular weight is 449 g/mol. The molecular weight excluding hydrogens is 436 g/mol. The molecule has 2 heterocycles. The fourth-order valence-electron chi connectivity index (χ4n) is 3.39. The number of hydrogen-bond donors (Lipinski definition) is 2. The smallest absolute Gasteiger partial charge is 0.262 e. The number of benzene rings is 2. The Morgan fingerprint density at radius 2 is 1.65 bits per heavy atom. The number of piperidine rings is 1. The van der Waals surface area contributed by atoms with Gasteiger partial charge in [0.2, 0.25) is 11.8 Å². The number of carbonyl (C=O) groups is 4. The maximum absolute atomic E-state index is 13.4. The number of fused-ring (bicyclic) bond motifs is 1. The van der Waals surface area contributed by atoms with Gasteiger partial charge in [0.15, 0.2) is 11.6 Å². The van der Waals surface area contributed by atoms with E-state index in [0.717, 1.165) is 17.0 Å². The van der Waals surface area contributed by atoms with Crippen LogP contribution < -0.4 is 10.0 Å². The van der Waals surface area contributed by atoms with Crippen LogP contribution in [-0.4, -0.2) is 43.0 Å². The highest BCUT2D eigenvalue weighted by Gasteiger charge is 2.44. The molecule has 0 saturated carbocycles. The molecule has 2 aliphatic heterocycles. The Hall–Kier alpha value is -3.67. The fraction of sp³-hybridized carbons (Fsp3) is 0.158. The number of anilines is 1. The zero-order valence-electron chi connectivity index (χ0n) is 15.5. The average Bonchev–Trinajstić information content (AvgIpc) is 2.94. The second-order valence-electron chi connectivity index (χ2n) is 6.89. The van der Waals surface area contributed by atoms with E-state index in [-0.39, 0.29) is 29.7 Å². The summed E-state index contributed by atoms with van der Waals surface area (Å²) in [6, 6.07) is 4.41. The van der Waals surface area contributed by atoms with Crippen LogP contribution in [0, 0.1) is 11.6 Å². The fourth-order valence-corrected chi connectivity index (χ4v) is 4.45. The number of amides is 4. The third kappa shape index (κ3) is 3.54. The molecule has 4 rings (SSSR count). The SMILES string of the molecule is O=C1CCC(N2C(=O)c3ccc(NS(=O)(=O)c4ccc(F)c(F)c4)cc3C2=O)C(=O)N1. The Bertz CT molecular complexity index is 1280. The van der Waals surface area contributed by atoms with Crippen LogP contribution in [0.2, 0.25) is 0 Å². The molecule has 1 saturated heterocycles. The largest absolute Gasteiger partial charge is 0.295 e. The van der Waals surface area contributed by atoms with Crippen LogP contribution in [0.1, 0.15) is 33.6 Å². The molecule has 2 aromatic carbocycles. The van der Waals surface area contributed by atoms with E-state index in [2.05, 4.69) is 10.0 Å². The highest BCUT2D eigenvalue weighted by molar-refractivity contribution is 7.92. The van der Waals surface area contributed by atoms with Crippen LogP contribution in [0.5, 0.6) is 0 Å². The third-order valence-corrected chi connectivity index (χ3v) is 6.27. The topological polar surface area (TPSA) is 130 Å². The van der Waals surface area contributed by atoms with Gasteiger partial charge in [0.05, 0.1) is 16.0 Å². The van der Waals surface area contributed by atoms with Gasteiger partial charge in [0, 0.05) is 12.1 Å². The summed E-state index contributed by atoms with van der Waals surface area (Å²) in [5.41, 5.74) is -0.277. The van der Waals surface area contributed by atoms with Gasteiger partial charge in [-0.25, -0.2) is 17.2 Å². The number of hydrogen-bond acceptors (Lipinski definition) is 6. The van der Waals surface area contributed by atoms with Gasteiger partial charge in [-0.3, -0.25) is 34.1 Å². The molecule has 0 aliphatic carbocycles. The molecule has 9 nitrogen and oxygen atoms in total. The van der Waals surface area contributed by atoms with Crippen LogP contribution in [-0.2, 0) is 19.6 Å². The molecule has 0 aromatic heterocycles. The predicted octanol–water partition coefficient (Wildman–Crippen LogP) is 1.17. The van der Waals surface area contributed by atoms with E-state index < -0.39 is 56.2 Å². The molecule has 2 aliphatic rings. The normalized spacial score (nSPS) is 18.8. The van der Waals surface area contributed by atoms with Crippen LogP contribution in [0.25, 0.3) is 0 Å². The van der Waals surface area contributed by atoms with Crippen molar-refractivity contribution < 1.29 is 36.4 Å². The van der Waals surface area contributed by atoms with Crippen LogP contribution in [0.4, 0.5) is 14.5 Å². The molecule has 1 unspecified atom stereocenters. The van der Waals surface area contributed by atoms with Crippen molar-refractivity contribution in [1.82, 2.24) is 10.2 Å². The Kier molecular flexibility index (Phi) is 4.81. The van der Waals surface area contributed by atoms with Crippen molar-refractivity contribution in [3.8, 4) is 0 Å². The van der Waals surface area contributed by atoms with E-state index in [9.17, 15) is 36.4 Å². The lowest BCUT2D eigenvalue weighted by atomic mass is 10.0. The second kappa shape index (κ2) is 7.23. The Morgan fingerprint density at radius 1 is 0.935 bits per heavy atom. The van der Waals surface area contributed by atoms with Crippen LogP contribution >= 0.6 is 0 Å². The summed E-state index contributed by atoms with van der Waals surface area (Å²) in [4.78, 5) is 49.0. The first-order valence-electron chi connectivity index (χ1n) is 8.92. The molecular formula is C19H13F2N3O6S. The number of sulfonamides is 1. The maximum atomic E-state index is 13.4. The minimum Gasteiger partial charge on any atom is -0.295 e. The van der Waals surface area contributed by atoms with Crippen molar-refractivity contribution >= 4 is 39.3 Å². The van der Waals surface area contributed by atoms with E-state index in [0.29, 0.717) is 12.1 Å². The van der Waals surface area contributed by atoms with Gasteiger partial charge >= 0.3 is 0 Å². The molecule has 1 fully saturated rings. The monoisotopic (exact) mass is 449 g/mol. The summed E-state index contributed by atoms with van der Waals surface area (Å²) in [7, 11) is -4.32. The molecule has 160 valence electrons. The molecule has 12 heteroatoms. The highest BCUT2D eigenvalue weighted by atomic mass is 32.2. The summed E-state index contributed by atoms with van der Waals surface area (Å²) in [5, 5.41) is 2.07. The molecule has 0 bridgehead atoms. The van der Waals surface area contributed by atoms with Gasteiger partial charge in [-0.05, 0) is 42.8 Å². The summed E-state index contributed by atoms with van der Waals surface area (Å²) < 4.78 is 53.5. The predicted molar refractivity (Wildman–Crippen MR) is 100 cm³/mol. The van der Waals surface area contributed by atoms with Crippen molar-refractivity contribution in [3.63, 3.8) is 0 Å². The zero-order valence-corrected chi connectivity index (χ0v) is 16.3. The first kappa shape index (κ1) is 20.6. The lowest BCUT2D eigenvalue weighted by Crippen LogP contribution is -2.54. The molecule has 2 aromatic rings.